The molecule has 2 aromatic carbocycles. The van der Waals surface area contributed by atoms with E-state index >= 15 is 0 Å². The van der Waals surface area contributed by atoms with Gasteiger partial charge in [-0.25, -0.2) is 9.37 Å². The fraction of sp³-hybridized carbons (Fsp3) is 0.280. The van der Waals surface area contributed by atoms with E-state index in [1.54, 1.807) is 29.6 Å². The number of ether oxygens (including phenoxy) is 2. The third-order valence-electron chi connectivity index (χ3n) is 4.60. The van der Waals surface area contributed by atoms with E-state index in [1.165, 1.54) is 37.7 Å². The van der Waals surface area contributed by atoms with E-state index in [4.69, 9.17) is 9.47 Å². The zero-order valence-electron chi connectivity index (χ0n) is 20.6. The van der Waals surface area contributed by atoms with Gasteiger partial charge in [0.15, 0.2) is 23.1 Å². The number of halogens is 1. The van der Waals surface area contributed by atoms with Gasteiger partial charge in [-0.3, -0.25) is 14.7 Å². The second-order valence-electron chi connectivity index (χ2n) is 6.45. The molecule has 2 heterocycles. The van der Waals surface area contributed by atoms with Crippen molar-refractivity contribution in [3.63, 3.8) is 0 Å². The van der Waals surface area contributed by atoms with Crippen molar-refractivity contribution in [1.29, 1.82) is 0 Å². The van der Waals surface area contributed by atoms with Gasteiger partial charge < -0.3 is 14.8 Å². The number of hydrogen-bond acceptors (Lipinski definition) is 7. The number of aromatic amines is 1. The second-order valence-corrected chi connectivity index (χ2v) is 7.33. The van der Waals surface area contributed by atoms with Crippen molar-refractivity contribution in [2.24, 2.45) is 0 Å². The number of nitrogens with zero attached hydrogens (tertiary/aromatic N) is 2. The van der Waals surface area contributed by atoms with Crippen LogP contribution in [0.1, 0.15) is 48.7 Å². The quantitative estimate of drug-likeness (QED) is 0.324. The molecule has 0 aliphatic carbocycles. The summed E-state index contributed by atoms with van der Waals surface area (Å²) in [7, 11) is 2.97. The fourth-order valence-electron chi connectivity index (χ4n) is 3.03. The van der Waals surface area contributed by atoms with Gasteiger partial charge in [-0.1, -0.05) is 39.8 Å². The summed E-state index contributed by atoms with van der Waals surface area (Å²) >= 11 is 1.24. The van der Waals surface area contributed by atoms with Crippen LogP contribution < -0.4 is 14.8 Å². The highest BCUT2D eigenvalue weighted by Crippen LogP contribution is 2.33. The predicted molar refractivity (Wildman–Crippen MR) is 136 cm³/mol. The Morgan fingerprint density at radius 1 is 1.06 bits per heavy atom. The third kappa shape index (κ3) is 6.21. The maximum absolute atomic E-state index is 13.9. The summed E-state index contributed by atoms with van der Waals surface area (Å²) in [5.74, 6) is -0.0409. The lowest BCUT2D eigenvalue weighted by molar-refractivity contribution is 0.0900. The number of hydrogen-bond donors (Lipinski definition) is 2. The molecule has 0 spiro atoms. The number of aromatic nitrogens is 3. The molecule has 35 heavy (non-hydrogen) atoms. The summed E-state index contributed by atoms with van der Waals surface area (Å²) in [5, 5.41) is 11.6. The molecule has 0 aliphatic rings. The van der Waals surface area contributed by atoms with Crippen LogP contribution in [0.5, 0.6) is 11.5 Å². The van der Waals surface area contributed by atoms with E-state index in [9.17, 15) is 14.0 Å². The lowest BCUT2D eigenvalue weighted by Crippen LogP contribution is -2.30. The number of fused-ring (bicyclic) bond motifs is 1. The smallest absolute Gasteiger partial charge is 0.251 e. The molecule has 0 radical (unpaired) electrons. The van der Waals surface area contributed by atoms with Crippen LogP contribution in [0.2, 0.25) is 0 Å². The summed E-state index contributed by atoms with van der Waals surface area (Å²) in [5.41, 5.74) is 0.944. The minimum Gasteiger partial charge on any atom is -0.493 e. The molecule has 0 bridgehead atoms. The molecule has 4 rings (SSSR count). The molecule has 0 saturated carbocycles. The Balaban J connectivity index is 0.00000103. The SMILES string of the molecule is CC.CC.COc1ccc(C(=O)NCC(=O)c2nc(-c3csc4c(F)cccc34)n[nH]2)cc1OC. The van der Waals surface area contributed by atoms with Crippen molar-refractivity contribution in [3.8, 4) is 22.9 Å². The Morgan fingerprint density at radius 2 is 1.77 bits per heavy atom. The highest BCUT2D eigenvalue weighted by Gasteiger charge is 2.18. The number of amides is 1. The van der Waals surface area contributed by atoms with Crippen LogP contribution in [-0.2, 0) is 0 Å². The second kappa shape index (κ2) is 13.2. The maximum atomic E-state index is 13.9. The van der Waals surface area contributed by atoms with E-state index in [1.807, 2.05) is 27.7 Å². The zero-order chi connectivity index (χ0) is 26.0. The number of methoxy groups -OCH3 is 2. The van der Waals surface area contributed by atoms with Crippen LogP contribution in [0.15, 0.2) is 41.8 Å². The Bertz CT molecular complexity index is 1290. The number of carbonyl (C=O) groups is 2. The van der Waals surface area contributed by atoms with Gasteiger partial charge in [0.2, 0.25) is 5.78 Å². The van der Waals surface area contributed by atoms with Crippen molar-refractivity contribution in [1.82, 2.24) is 20.5 Å². The van der Waals surface area contributed by atoms with Gasteiger partial charge in [-0.2, -0.15) is 5.10 Å². The minimum absolute atomic E-state index is 0.00151. The number of ketones is 1. The summed E-state index contributed by atoms with van der Waals surface area (Å²) in [4.78, 5) is 29.0. The minimum atomic E-state index is -0.451. The van der Waals surface area contributed by atoms with Crippen molar-refractivity contribution in [2.75, 3.05) is 20.8 Å². The van der Waals surface area contributed by atoms with E-state index in [2.05, 4.69) is 20.5 Å². The van der Waals surface area contributed by atoms with Gasteiger partial charge in [0.25, 0.3) is 5.91 Å². The van der Waals surface area contributed by atoms with Gasteiger partial charge >= 0.3 is 0 Å². The Kier molecular flexibility index (Phi) is 10.3. The first-order chi connectivity index (χ1) is 17.0. The van der Waals surface area contributed by atoms with E-state index in [-0.39, 0.29) is 24.0 Å². The van der Waals surface area contributed by atoms with Gasteiger partial charge in [0.05, 0.1) is 25.5 Å². The molecule has 186 valence electrons. The number of H-pyrrole nitrogens is 1. The van der Waals surface area contributed by atoms with Gasteiger partial charge in [-0.05, 0) is 24.3 Å². The zero-order valence-corrected chi connectivity index (χ0v) is 21.4. The van der Waals surface area contributed by atoms with E-state index < -0.39 is 11.7 Å². The number of Topliss-reactive ketones (excluding diaryl/α,β-unsaturated/α-hetero) is 1. The number of rotatable bonds is 7. The van der Waals surface area contributed by atoms with Crippen LogP contribution in [0, 0.1) is 5.82 Å². The first kappa shape index (κ1) is 27.5. The lowest BCUT2D eigenvalue weighted by Gasteiger charge is -2.09. The summed E-state index contributed by atoms with van der Waals surface area (Å²) < 4.78 is 24.7. The summed E-state index contributed by atoms with van der Waals surface area (Å²) in [6.07, 6.45) is 0. The molecule has 0 atom stereocenters. The van der Waals surface area contributed by atoms with E-state index in [0.717, 1.165) is 0 Å². The molecule has 4 aromatic rings. The van der Waals surface area contributed by atoms with Crippen LogP contribution in [0.3, 0.4) is 0 Å². The number of thiophene rings is 1. The Hall–Kier alpha value is -3.79. The van der Waals surface area contributed by atoms with E-state index in [0.29, 0.717) is 32.7 Å². The molecule has 1 amide bonds. The van der Waals surface area contributed by atoms with Crippen molar-refractivity contribution in [2.45, 2.75) is 27.7 Å². The van der Waals surface area contributed by atoms with Crippen molar-refractivity contribution in [3.05, 3.63) is 59.0 Å². The molecule has 0 saturated heterocycles. The average Bonchev–Trinajstić information content (AvgIpc) is 3.57. The molecule has 0 fully saturated rings. The maximum Gasteiger partial charge on any atom is 0.251 e. The standard InChI is InChI=1S/C21H17FN4O4S.2C2H6/c1-29-16-7-6-11(8-17(16)30-2)21(28)23-9-15(27)20-24-19(25-26-20)13-10-31-18-12(13)4-3-5-14(18)22;2*1-2/h3-8,10H,9H2,1-2H3,(H,23,28)(H,24,25,26);2*1-2H3. The van der Waals surface area contributed by atoms with Crippen LogP contribution in [-0.4, -0.2) is 47.6 Å². The predicted octanol–water partition coefficient (Wildman–Crippen LogP) is 5.51. The number of nitrogens with one attached hydrogen (secondary N) is 2. The molecule has 2 aromatic heterocycles. The Labute approximate surface area is 207 Å². The number of benzene rings is 2. The largest absolute Gasteiger partial charge is 0.493 e. The van der Waals surface area contributed by atoms with Gasteiger partial charge in [0, 0.05) is 21.9 Å². The Morgan fingerprint density at radius 3 is 2.46 bits per heavy atom. The average molecular weight is 501 g/mol. The molecule has 8 nitrogen and oxygen atoms in total. The highest BCUT2D eigenvalue weighted by atomic mass is 32.1. The molecule has 0 unspecified atom stereocenters. The van der Waals surface area contributed by atoms with Crippen molar-refractivity contribution < 1.29 is 23.5 Å². The molecule has 10 heteroatoms. The monoisotopic (exact) mass is 500 g/mol. The normalized spacial score (nSPS) is 9.91. The molecule has 2 N–H and O–H groups in total. The van der Waals surface area contributed by atoms with Crippen LogP contribution >= 0.6 is 11.3 Å². The summed E-state index contributed by atoms with van der Waals surface area (Å²) in [6, 6.07) is 9.45. The molecule has 0 aliphatic heterocycles. The summed E-state index contributed by atoms with van der Waals surface area (Å²) in [6.45, 7) is 7.72. The lowest BCUT2D eigenvalue weighted by atomic mass is 10.1. The first-order valence-electron chi connectivity index (χ1n) is 11.1. The number of carbonyl (C=O) groups excluding carboxylic acids is 2. The fourth-order valence-corrected chi connectivity index (χ4v) is 3.98. The van der Waals surface area contributed by atoms with Gasteiger partial charge in [-0.15, -0.1) is 11.3 Å². The van der Waals surface area contributed by atoms with Crippen LogP contribution in [0.25, 0.3) is 21.5 Å². The molecular formula is C25H29FN4O4S. The topological polar surface area (TPSA) is 106 Å². The van der Waals surface area contributed by atoms with Gasteiger partial charge in [0.1, 0.15) is 5.82 Å². The van der Waals surface area contributed by atoms with Crippen LogP contribution in [0.4, 0.5) is 4.39 Å². The molecular weight excluding hydrogens is 471 g/mol. The third-order valence-corrected chi connectivity index (χ3v) is 5.60. The highest BCUT2D eigenvalue weighted by molar-refractivity contribution is 7.17. The first-order valence-corrected chi connectivity index (χ1v) is 12.0. The van der Waals surface area contributed by atoms with Crippen molar-refractivity contribution >= 4 is 33.1 Å².